The summed E-state index contributed by atoms with van der Waals surface area (Å²) in [5, 5.41) is 2.77. The van der Waals surface area contributed by atoms with Gasteiger partial charge >= 0.3 is 6.09 Å². The maximum Gasteiger partial charge on any atom is 0.408 e. The third kappa shape index (κ3) is 6.01. The largest absolute Gasteiger partial charge is 0.444 e. The van der Waals surface area contributed by atoms with Crippen molar-refractivity contribution in [2.24, 2.45) is 0 Å². The number of hydrogen-bond acceptors (Lipinski definition) is 3. The van der Waals surface area contributed by atoms with Crippen LogP contribution in [-0.2, 0) is 9.53 Å². The molecule has 0 heterocycles. The van der Waals surface area contributed by atoms with Crippen molar-refractivity contribution in [3.63, 3.8) is 0 Å². The van der Waals surface area contributed by atoms with Gasteiger partial charge in [-0.15, -0.1) is 0 Å². The van der Waals surface area contributed by atoms with Crippen LogP contribution in [-0.4, -0.2) is 23.7 Å². The number of amides is 1. The van der Waals surface area contributed by atoms with Gasteiger partial charge in [-0.1, -0.05) is 18.2 Å². The Morgan fingerprint density at radius 1 is 1.52 bits per heavy atom. The van der Waals surface area contributed by atoms with Crippen LogP contribution in [0.5, 0.6) is 0 Å². The molecule has 1 amide bonds. The maximum absolute atomic E-state index is 12.0. The van der Waals surface area contributed by atoms with Crippen LogP contribution in [0.15, 0.2) is 29.4 Å². The molecule has 0 bridgehead atoms. The zero-order valence-electron chi connectivity index (χ0n) is 13.4. The Balaban J connectivity index is 2.83. The predicted molar refractivity (Wildman–Crippen MR) is 83.7 cm³/mol. The number of ether oxygens (including phenoxy) is 1. The predicted octanol–water partition coefficient (Wildman–Crippen LogP) is 3.71. The molecule has 1 aliphatic rings. The molecule has 1 rings (SSSR count). The third-order valence-corrected chi connectivity index (χ3v) is 3.21. The van der Waals surface area contributed by atoms with Gasteiger partial charge < -0.3 is 10.1 Å². The number of alkyl carbamates (subject to hydrolysis) is 1. The Hall–Kier alpha value is -1.80. The Morgan fingerprint density at radius 3 is 2.62 bits per heavy atom. The molecular formula is C17H25NO3. The summed E-state index contributed by atoms with van der Waals surface area (Å²) in [5.74, 6) is 1.91. The van der Waals surface area contributed by atoms with Crippen LogP contribution >= 0.6 is 0 Å². The van der Waals surface area contributed by atoms with Crippen LogP contribution < -0.4 is 5.32 Å². The Kier molecular flexibility index (Phi) is 5.98. The first kappa shape index (κ1) is 17.3. The molecule has 4 heteroatoms. The Labute approximate surface area is 126 Å². The van der Waals surface area contributed by atoms with Gasteiger partial charge in [0.1, 0.15) is 11.5 Å². The average molecular weight is 291 g/mol. The van der Waals surface area contributed by atoms with E-state index in [2.05, 4.69) is 18.0 Å². The number of allylic oxidation sites excluding steroid dienone is 1. The monoisotopic (exact) mass is 291 g/mol. The van der Waals surface area contributed by atoms with E-state index in [1.807, 2.05) is 5.94 Å². The minimum absolute atomic E-state index is 0.397. The molecule has 0 fully saturated rings. The molecule has 0 aromatic rings. The first-order chi connectivity index (χ1) is 9.73. The molecule has 0 spiro atoms. The van der Waals surface area contributed by atoms with Crippen LogP contribution in [0, 0.1) is 0 Å². The fourth-order valence-corrected chi connectivity index (χ4v) is 2.32. The van der Waals surface area contributed by atoms with E-state index in [4.69, 9.17) is 4.74 Å². The topological polar surface area (TPSA) is 55.4 Å². The third-order valence-electron chi connectivity index (χ3n) is 3.21. The standard InChI is InChI=1S/C17H25NO3/c1-12(2)14(11-19)15(10-13-8-6-7-9-13)18-16(20)21-17(3,4)5/h8,15H,1,6-7,9-10H2,2-5H3,(H,18,20)/t15-/m0/s1. The van der Waals surface area contributed by atoms with E-state index in [1.54, 1.807) is 27.7 Å². The van der Waals surface area contributed by atoms with Gasteiger partial charge in [0, 0.05) is 0 Å². The van der Waals surface area contributed by atoms with Crippen molar-refractivity contribution in [1.29, 1.82) is 0 Å². The summed E-state index contributed by atoms with van der Waals surface area (Å²) in [4.78, 5) is 23.2. The van der Waals surface area contributed by atoms with Gasteiger partial charge in [-0.3, -0.25) is 0 Å². The molecule has 0 aromatic carbocycles. The molecule has 1 atom stereocenters. The van der Waals surface area contributed by atoms with Crippen LogP contribution in [0.1, 0.15) is 53.4 Å². The zero-order valence-corrected chi connectivity index (χ0v) is 13.4. The summed E-state index contributed by atoms with van der Waals surface area (Å²) in [7, 11) is 0. The van der Waals surface area contributed by atoms with E-state index in [1.165, 1.54) is 5.57 Å². The highest BCUT2D eigenvalue weighted by Crippen LogP contribution is 2.25. The summed E-state index contributed by atoms with van der Waals surface area (Å²) >= 11 is 0. The van der Waals surface area contributed by atoms with E-state index in [-0.39, 0.29) is 0 Å². The van der Waals surface area contributed by atoms with Crippen molar-refractivity contribution in [2.75, 3.05) is 0 Å². The van der Waals surface area contributed by atoms with Gasteiger partial charge in [0.2, 0.25) is 0 Å². The van der Waals surface area contributed by atoms with Gasteiger partial charge in [0.25, 0.3) is 0 Å². The van der Waals surface area contributed by atoms with Crippen LogP contribution in [0.3, 0.4) is 0 Å². The Morgan fingerprint density at radius 2 is 2.19 bits per heavy atom. The van der Waals surface area contributed by atoms with Crippen molar-refractivity contribution < 1.29 is 14.3 Å². The fourth-order valence-electron chi connectivity index (χ4n) is 2.32. The SMILES string of the molecule is C=C(C)C(=C=O)[C@H](CC1=CCCC1)NC(=O)OC(C)(C)C. The van der Waals surface area contributed by atoms with Gasteiger partial charge in [-0.2, -0.15) is 0 Å². The molecule has 1 aliphatic carbocycles. The lowest BCUT2D eigenvalue weighted by atomic mass is 9.95. The molecule has 4 nitrogen and oxygen atoms in total. The highest BCUT2D eigenvalue weighted by molar-refractivity contribution is 5.71. The first-order valence-corrected chi connectivity index (χ1v) is 7.31. The molecular weight excluding hydrogens is 266 g/mol. The van der Waals surface area contributed by atoms with E-state index >= 15 is 0 Å². The van der Waals surface area contributed by atoms with E-state index in [0.29, 0.717) is 17.6 Å². The van der Waals surface area contributed by atoms with Crippen molar-refractivity contribution in [2.45, 2.75) is 65.0 Å². The minimum atomic E-state index is -0.574. The second kappa shape index (κ2) is 7.28. The first-order valence-electron chi connectivity index (χ1n) is 7.31. The van der Waals surface area contributed by atoms with Crippen LogP contribution in [0.25, 0.3) is 0 Å². The molecule has 116 valence electrons. The number of carbonyl (C=O) groups is 1. The summed E-state index contributed by atoms with van der Waals surface area (Å²) in [5.41, 5.74) is 1.69. The van der Waals surface area contributed by atoms with Gasteiger partial charge in [-0.05, 0) is 59.0 Å². The fraction of sp³-hybridized carbons (Fsp3) is 0.588. The lowest BCUT2D eigenvalue weighted by Crippen LogP contribution is -2.40. The second-order valence-electron chi connectivity index (χ2n) is 6.45. The van der Waals surface area contributed by atoms with E-state index in [9.17, 15) is 9.59 Å². The minimum Gasteiger partial charge on any atom is -0.444 e. The molecule has 0 unspecified atom stereocenters. The lowest BCUT2D eigenvalue weighted by molar-refractivity contribution is 0.0513. The second-order valence-corrected chi connectivity index (χ2v) is 6.45. The van der Waals surface area contributed by atoms with E-state index < -0.39 is 17.7 Å². The summed E-state index contributed by atoms with van der Waals surface area (Å²) in [6.07, 6.45) is 5.44. The summed E-state index contributed by atoms with van der Waals surface area (Å²) in [6.45, 7) is 10.9. The van der Waals surface area contributed by atoms with Crippen LogP contribution in [0.4, 0.5) is 4.79 Å². The van der Waals surface area contributed by atoms with Crippen molar-refractivity contribution >= 4 is 12.0 Å². The highest BCUT2D eigenvalue weighted by Gasteiger charge is 2.24. The number of carbonyl (C=O) groups excluding carboxylic acids is 2. The quantitative estimate of drug-likeness (QED) is 0.477. The van der Waals surface area contributed by atoms with Gasteiger partial charge in [0.05, 0.1) is 11.6 Å². The molecule has 1 N–H and O–H groups in total. The summed E-state index contributed by atoms with van der Waals surface area (Å²) in [6, 6.07) is -0.431. The molecule has 0 aliphatic heterocycles. The Bertz CT molecular complexity index is 491. The molecule has 0 saturated heterocycles. The number of hydrogen-bond donors (Lipinski definition) is 1. The maximum atomic E-state index is 12.0. The van der Waals surface area contributed by atoms with Crippen molar-refractivity contribution in [3.05, 3.63) is 29.4 Å². The molecule has 0 aromatic heterocycles. The molecule has 0 radical (unpaired) electrons. The summed E-state index contributed by atoms with van der Waals surface area (Å²) < 4.78 is 5.26. The van der Waals surface area contributed by atoms with Gasteiger partial charge in [0.15, 0.2) is 0 Å². The van der Waals surface area contributed by atoms with Crippen molar-refractivity contribution in [3.8, 4) is 0 Å². The molecule has 0 saturated carbocycles. The lowest BCUT2D eigenvalue weighted by Gasteiger charge is -2.24. The van der Waals surface area contributed by atoms with Gasteiger partial charge in [-0.25, -0.2) is 9.59 Å². The normalized spacial score (nSPS) is 15.7. The van der Waals surface area contributed by atoms with Crippen LogP contribution in [0.2, 0.25) is 0 Å². The zero-order chi connectivity index (χ0) is 16.0. The molecule has 21 heavy (non-hydrogen) atoms. The number of rotatable bonds is 5. The number of nitrogens with one attached hydrogen (secondary N) is 1. The average Bonchev–Trinajstić information content (AvgIpc) is 2.79. The highest BCUT2D eigenvalue weighted by atomic mass is 16.6. The smallest absolute Gasteiger partial charge is 0.408 e. The van der Waals surface area contributed by atoms with Crippen molar-refractivity contribution in [1.82, 2.24) is 5.32 Å². The van der Waals surface area contributed by atoms with E-state index in [0.717, 1.165) is 19.3 Å².